The van der Waals surface area contributed by atoms with Gasteiger partial charge in [-0.1, -0.05) is 26.3 Å². The van der Waals surface area contributed by atoms with Crippen LogP contribution in [0.15, 0.2) is 18.2 Å². The number of aryl methyl sites for hydroxylation is 1. The first kappa shape index (κ1) is 18.3. The summed E-state index contributed by atoms with van der Waals surface area (Å²) < 4.78 is 5.82. The predicted octanol–water partition coefficient (Wildman–Crippen LogP) is 4.12. The number of rotatable bonds is 6. The third kappa shape index (κ3) is 4.95. The molecule has 0 bridgehead atoms. The summed E-state index contributed by atoms with van der Waals surface area (Å²) >= 11 is 0. The van der Waals surface area contributed by atoms with E-state index in [4.69, 9.17) is 4.74 Å². The van der Waals surface area contributed by atoms with Gasteiger partial charge in [0.1, 0.15) is 18.5 Å². The number of β-amino-alcohol motifs (C(OH)–C–C–N with tert-alkyl or cyclic N) is 1. The molecule has 1 aromatic carbocycles. The molecular formula is C20H33NO2. The Labute approximate surface area is 141 Å². The van der Waals surface area contributed by atoms with E-state index in [2.05, 4.69) is 51.7 Å². The molecule has 1 aliphatic heterocycles. The van der Waals surface area contributed by atoms with E-state index in [1.54, 1.807) is 0 Å². The molecule has 130 valence electrons. The normalized spacial score (nSPS) is 24.0. The molecule has 3 nitrogen and oxygen atoms in total. The minimum atomic E-state index is -0.442. The lowest BCUT2D eigenvalue weighted by atomic mass is 9.97. The topological polar surface area (TPSA) is 32.7 Å². The second kappa shape index (κ2) is 8.16. The molecule has 2 rings (SSSR count). The fourth-order valence-corrected chi connectivity index (χ4v) is 3.71. The van der Waals surface area contributed by atoms with Gasteiger partial charge in [0.05, 0.1) is 0 Å². The van der Waals surface area contributed by atoms with Crippen LogP contribution >= 0.6 is 0 Å². The molecule has 1 saturated heterocycles. The number of piperidine rings is 1. The molecule has 23 heavy (non-hydrogen) atoms. The lowest BCUT2D eigenvalue weighted by Gasteiger charge is -2.40. The van der Waals surface area contributed by atoms with E-state index in [1.807, 2.05) is 6.07 Å². The number of benzene rings is 1. The van der Waals surface area contributed by atoms with Crippen molar-refractivity contribution in [3.63, 3.8) is 0 Å². The Morgan fingerprint density at radius 2 is 1.87 bits per heavy atom. The van der Waals surface area contributed by atoms with Crippen molar-refractivity contribution in [1.82, 2.24) is 4.90 Å². The first-order chi connectivity index (χ1) is 10.9. The first-order valence-electron chi connectivity index (χ1n) is 9.05. The van der Waals surface area contributed by atoms with Gasteiger partial charge in [0.2, 0.25) is 0 Å². The Morgan fingerprint density at radius 1 is 1.22 bits per heavy atom. The Morgan fingerprint density at radius 3 is 2.43 bits per heavy atom. The molecule has 0 aliphatic carbocycles. The van der Waals surface area contributed by atoms with Gasteiger partial charge in [0.25, 0.3) is 0 Å². The van der Waals surface area contributed by atoms with Crippen molar-refractivity contribution in [1.29, 1.82) is 0 Å². The van der Waals surface area contributed by atoms with Gasteiger partial charge in [-0.2, -0.15) is 0 Å². The maximum absolute atomic E-state index is 10.3. The van der Waals surface area contributed by atoms with Crippen LogP contribution in [0.3, 0.4) is 0 Å². The van der Waals surface area contributed by atoms with Crippen LogP contribution in [0.2, 0.25) is 0 Å². The molecule has 0 radical (unpaired) electrons. The maximum atomic E-state index is 10.3. The van der Waals surface area contributed by atoms with Crippen LogP contribution in [0.25, 0.3) is 0 Å². The Hall–Kier alpha value is -1.06. The third-order valence-electron chi connectivity index (χ3n) is 5.10. The Bertz CT molecular complexity index is 490. The van der Waals surface area contributed by atoms with E-state index >= 15 is 0 Å². The summed E-state index contributed by atoms with van der Waals surface area (Å²) in [7, 11) is 0. The molecule has 0 amide bonds. The van der Waals surface area contributed by atoms with Crippen molar-refractivity contribution in [2.24, 2.45) is 0 Å². The number of ether oxygens (including phenoxy) is 1. The van der Waals surface area contributed by atoms with E-state index in [0.29, 0.717) is 31.2 Å². The van der Waals surface area contributed by atoms with E-state index in [9.17, 15) is 5.11 Å². The van der Waals surface area contributed by atoms with Crippen LogP contribution in [0.4, 0.5) is 0 Å². The molecule has 1 aliphatic rings. The van der Waals surface area contributed by atoms with E-state index < -0.39 is 6.10 Å². The van der Waals surface area contributed by atoms with E-state index in [1.165, 1.54) is 30.4 Å². The monoisotopic (exact) mass is 319 g/mol. The van der Waals surface area contributed by atoms with Crippen molar-refractivity contribution in [2.45, 2.75) is 78.0 Å². The highest BCUT2D eigenvalue weighted by molar-refractivity contribution is 5.36. The van der Waals surface area contributed by atoms with Crippen LogP contribution < -0.4 is 4.74 Å². The van der Waals surface area contributed by atoms with Crippen LogP contribution in [0.5, 0.6) is 5.75 Å². The summed E-state index contributed by atoms with van der Waals surface area (Å²) in [5.74, 6) is 1.38. The molecule has 0 unspecified atom stereocenters. The quantitative estimate of drug-likeness (QED) is 0.856. The van der Waals surface area contributed by atoms with Crippen molar-refractivity contribution >= 4 is 0 Å². The smallest absolute Gasteiger partial charge is 0.119 e. The molecule has 0 saturated carbocycles. The molecule has 1 heterocycles. The van der Waals surface area contributed by atoms with Gasteiger partial charge in [-0.15, -0.1) is 0 Å². The first-order valence-corrected chi connectivity index (χ1v) is 9.05. The van der Waals surface area contributed by atoms with Gasteiger partial charge >= 0.3 is 0 Å². The Kier molecular flexibility index (Phi) is 6.49. The SMILES string of the molecule is Cc1cc(OC[C@@H](O)CN2[C@H](C)CCC[C@@H]2C)ccc1C(C)C. The fraction of sp³-hybridized carbons (Fsp3) is 0.700. The second-order valence-electron chi connectivity index (χ2n) is 7.46. The summed E-state index contributed by atoms with van der Waals surface area (Å²) in [4.78, 5) is 2.42. The van der Waals surface area contributed by atoms with E-state index in [0.717, 1.165) is 5.75 Å². The number of aliphatic hydroxyl groups excluding tert-OH is 1. The van der Waals surface area contributed by atoms with Gasteiger partial charge in [-0.25, -0.2) is 0 Å². The summed E-state index contributed by atoms with van der Waals surface area (Å²) in [6, 6.07) is 7.34. The highest BCUT2D eigenvalue weighted by atomic mass is 16.5. The fourth-order valence-electron chi connectivity index (χ4n) is 3.71. The predicted molar refractivity (Wildman–Crippen MR) is 96.3 cm³/mol. The van der Waals surface area contributed by atoms with Crippen molar-refractivity contribution < 1.29 is 9.84 Å². The maximum Gasteiger partial charge on any atom is 0.119 e. The lowest BCUT2D eigenvalue weighted by molar-refractivity contribution is 0.0209. The standard InChI is InChI=1S/C20H33NO2/c1-14(2)20-10-9-19(11-15(20)3)23-13-18(22)12-21-16(4)7-6-8-17(21)5/h9-11,14,16-18,22H,6-8,12-13H2,1-5H3/t16-,17+,18-/m0/s1. The van der Waals surface area contributed by atoms with Crippen molar-refractivity contribution in [3.8, 4) is 5.75 Å². The molecule has 0 spiro atoms. The van der Waals surface area contributed by atoms with Gasteiger partial charge in [-0.05, 0) is 62.8 Å². The minimum absolute atomic E-state index is 0.358. The average Bonchev–Trinajstić information content (AvgIpc) is 2.49. The van der Waals surface area contributed by atoms with E-state index in [-0.39, 0.29) is 0 Å². The summed E-state index contributed by atoms with van der Waals surface area (Å²) in [6.07, 6.45) is 3.32. The number of hydrogen-bond acceptors (Lipinski definition) is 3. The molecule has 1 fully saturated rings. The molecule has 1 N–H and O–H groups in total. The van der Waals surface area contributed by atoms with Crippen LogP contribution in [0.1, 0.15) is 64.0 Å². The number of nitrogens with zero attached hydrogens (tertiary/aromatic N) is 1. The summed E-state index contributed by atoms with van der Waals surface area (Å²) in [5, 5.41) is 10.3. The zero-order chi connectivity index (χ0) is 17.0. The molecule has 3 heteroatoms. The molecular weight excluding hydrogens is 286 g/mol. The molecule has 3 atom stereocenters. The van der Waals surface area contributed by atoms with Crippen LogP contribution in [0, 0.1) is 6.92 Å². The largest absolute Gasteiger partial charge is 0.491 e. The minimum Gasteiger partial charge on any atom is -0.491 e. The average molecular weight is 319 g/mol. The third-order valence-corrected chi connectivity index (χ3v) is 5.10. The molecule has 1 aromatic rings. The number of aliphatic hydroxyl groups is 1. The second-order valence-corrected chi connectivity index (χ2v) is 7.46. The zero-order valence-electron chi connectivity index (χ0n) is 15.4. The highest BCUT2D eigenvalue weighted by Crippen LogP contribution is 2.24. The van der Waals surface area contributed by atoms with Gasteiger partial charge in [0, 0.05) is 18.6 Å². The van der Waals surface area contributed by atoms with Crippen molar-refractivity contribution in [3.05, 3.63) is 29.3 Å². The zero-order valence-corrected chi connectivity index (χ0v) is 15.4. The van der Waals surface area contributed by atoms with Crippen molar-refractivity contribution in [2.75, 3.05) is 13.2 Å². The van der Waals surface area contributed by atoms with Gasteiger partial charge in [-0.3, -0.25) is 4.90 Å². The summed E-state index contributed by atoms with van der Waals surface area (Å²) in [5.41, 5.74) is 2.61. The number of likely N-dealkylation sites (tertiary alicyclic amines) is 1. The Balaban J connectivity index is 1.86. The number of hydrogen-bond donors (Lipinski definition) is 1. The van der Waals surface area contributed by atoms with Crippen LogP contribution in [-0.4, -0.2) is 41.3 Å². The van der Waals surface area contributed by atoms with Gasteiger partial charge in [0.15, 0.2) is 0 Å². The van der Waals surface area contributed by atoms with Gasteiger partial charge < -0.3 is 9.84 Å². The highest BCUT2D eigenvalue weighted by Gasteiger charge is 2.26. The molecule has 0 aromatic heterocycles. The lowest BCUT2D eigenvalue weighted by Crippen LogP contribution is -2.48. The van der Waals surface area contributed by atoms with Crippen LogP contribution in [-0.2, 0) is 0 Å². The summed E-state index contributed by atoms with van der Waals surface area (Å²) in [6.45, 7) is 12.1.